The van der Waals surface area contributed by atoms with Crippen molar-refractivity contribution in [3.05, 3.63) is 75.5 Å². The lowest BCUT2D eigenvalue weighted by Gasteiger charge is -2.43. The van der Waals surface area contributed by atoms with Crippen LogP contribution in [-0.2, 0) is 25.7 Å². The minimum atomic E-state index is -0.875. The summed E-state index contributed by atoms with van der Waals surface area (Å²) in [6, 6.07) is 12.4. The van der Waals surface area contributed by atoms with Crippen LogP contribution in [0.1, 0.15) is 25.0 Å². The Morgan fingerprint density at radius 3 is 2.41 bits per heavy atom. The van der Waals surface area contributed by atoms with Crippen LogP contribution in [0, 0.1) is 16.0 Å². The summed E-state index contributed by atoms with van der Waals surface area (Å²) in [7, 11) is 0. The van der Waals surface area contributed by atoms with Crippen molar-refractivity contribution in [1.82, 2.24) is 4.90 Å². The van der Waals surface area contributed by atoms with E-state index in [1.165, 1.54) is 54.8 Å². The molecule has 2 amide bonds. The number of nitro benzene ring substituents is 1. The number of benzene rings is 2. The van der Waals surface area contributed by atoms with Gasteiger partial charge in [0.2, 0.25) is 11.8 Å². The molecule has 0 radical (unpaired) electrons. The number of aliphatic hydroxyl groups excluding tert-OH is 1. The average molecular weight is 484 g/mol. The van der Waals surface area contributed by atoms with Gasteiger partial charge in [0.1, 0.15) is 17.7 Å². The Bertz CT molecular complexity index is 1190. The van der Waals surface area contributed by atoms with Gasteiger partial charge in [0.05, 0.1) is 16.9 Å². The quantitative estimate of drug-likeness (QED) is 0.265. The van der Waals surface area contributed by atoms with Gasteiger partial charge in [-0.25, -0.2) is 4.79 Å². The van der Waals surface area contributed by atoms with Gasteiger partial charge in [-0.3, -0.25) is 24.6 Å². The Morgan fingerprint density at radius 1 is 1.21 bits per heavy atom. The number of rotatable bonds is 7. The number of aliphatic hydroxyl groups is 1. The first-order valence-electron chi connectivity index (χ1n) is 10.4. The number of ether oxygens (including phenoxy) is 1. The molecule has 0 aromatic heterocycles. The minimum absolute atomic E-state index is 0.0758. The maximum absolute atomic E-state index is 13.1. The fraction of sp³-hybridized carbons (Fsp3) is 0.261. The first-order chi connectivity index (χ1) is 16.2. The minimum Gasteiger partial charge on any atom is -0.456 e. The van der Waals surface area contributed by atoms with E-state index >= 15 is 0 Å². The number of nitro groups is 1. The largest absolute Gasteiger partial charge is 0.456 e. The Balaban J connectivity index is 1.59. The fourth-order valence-electron chi connectivity index (χ4n) is 3.82. The van der Waals surface area contributed by atoms with Crippen LogP contribution in [0.25, 0.3) is 4.91 Å². The van der Waals surface area contributed by atoms with Gasteiger partial charge >= 0.3 is 5.97 Å². The molecule has 2 N–H and O–H groups in total. The van der Waals surface area contributed by atoms with Crippen molar-refractivity contribution in [1.29, 1.82) is 0 Å². The van der Waals surface area contributed by atoms with Gasteiger partial charge in [0, 0.05) is 29.6 Å². The normalized spacial score (nSPS) is 19.9. The van der Waals surface area contributed by atoms with E-state index in [0.29, 0.717) is 21.7 Å². The van der Waals surface area contributed by atoms with Crippen molar-refractivity contribution >= 4 is 45.8 Å². The Labute approximate surface area is 198 Å². The van der Waals surface area contributed by atoms with E-state index in [4.69, 9.17) is 4.74 Å². The standard InChI is InChI=1S/C23H21N3O7S/c1-12(27)18-21(29)25-19(23(30)33-11-14-3-9-17(10-4-14)26(31)32)20(34-22(18)25)15-5-7-16(8-6-15)24-13(2)28/h3-10,12,18,22,27H,11H2,1-2H3,(H,24,28)/t12-,18+,22-/m1/s1. The van der Waals surface area contributed by atoms with Crippen LogP contribution < -0.4 is 5.32 Å². The first kappa shape index (κ1) is 23.5. The average Bonchev–Trinajstić information content (AvgIpc) is 3.12. The van der Waals surface area contributed by atoms with E-state index in [1.807, 2.05) is 0 Å². The summed E-state index contributed by atoms with van der Waals surface area (Å²) in [5.74, 6) is -1.93. The molecule has 1 fully saturated rings. The van der Waals surface area contributed by atoms with Gasteiger partial charge in [-0.05, 0) is 42.3 Å². The summed E-state index contributed by atoms with van der Waals surface area (Å²) in [5.41, 5.74) is 1.82. The third-order valence-corrected chi connectivity index (χ3v) is 6.89. The molecule has 0 bridgehead atoms. The molecule has 10 nitrogen and oxygen atoms in total. The van der Waals surface area contributed by atoms with Gasteiger partial charge in [-0.2, -0.15) is 0 Å². The summed E-state index contributed by atoms with van der Waals surface area (Å²) in [6.45, 7) is 2.80. The lowest BCUT2D eigenvalue weighted by Crippen LogP contribution is -2.60. The number of nitrogens with zero attached hydrogens (tertiary/aromatic N) is 2. The van der Waals surface area contributed by atoms with Gasteiger partial charge in [0.25, 0.3) is 5.69 Å². The Morgan fingerprint density at radius 2 is 1.85 bits per heavy atom. The maximum Gasteiger partial charge on any atom is 0.356 e. The van der Waals surface area contributed by atoms with E-state index in [9.17, 15) is 29.6 Å². The molecule has 34 heavy (non-hydrogen) atoms. The molecule has 2 aromatic rings. The van der Waals surface area contributed by atoms with Crippen LogP contribution >= 0.6 is 11.8 Å². The van der Waals surface area contributed by atoms with Crippen molar-refractivity contribution in [2.45, 2.75) is 31.9 Å². The van der Waals surface area contributed by atoms with Crippen LogP contribution in [-0.4, -0.2) is 44.2 Å². The molecule has 3 atom stereocenters. The van der Waals surface area contributed by atoms with Gasteiger partial charge in [-0.1, -0.05) is 23.9 Å². The van der Waals surface area contributed by atoms with E-state index in [1.54, 1.807) is 24.3 Å². The summed E-state index contributed by atoms with van der Waals surface area (Å²) < 4.78 is 5.44. The summed E-state index contributed by atoms with van der Waals surface area (Å²) in [6.07, 6.45) is -0.875. The van der Waals surface area contributed by atoms with E-state index < -0.39 is 28.3 Å². The number of fused-ring (bicyclic) bond motifs is 1. The van der Waals surface area contributed by atoms with Crippen molar-refractivity contribution in [3.8, 4) is 0 Å². The summed E-state index contributed by atoms with van der Waals surface area (Å²) in [5, 5.41) is 23.1. The zero-order chi connectivity index (χ0) is 24.6. The Hall–Kier alpha value is -3.70. The smallest absolute Gasteiger partial charge is 0.356 e. The SMILES string of the molecule is CC(=O)Nc1ccc(C2=C(C(=O)OCc3ccc([N+](=O)[O-])cc3)N3C(=O)[C@H]([C@@H](C)O)[C@H]3S2)cc1. The number of nitrogens with one attached hydrogen (secondary N) is 1. The van der Waals surface area contributed by atoms with Gasteiger partial charge in [-0.15, -0.1) is 0 Å². The fourth-order valence-corrected chi connectivity index (χ4v) is 5.43. The zero-order valence-electron chi connectivity index (χ0n) is 18.3. The molecule has 0 spiro atoms. The summed E-state index contributed by atoms with van der Waals surface area (Å²) in [4.78, 5) is 49.3. The molecule has 0 aliphatic carbocycles. The molecule has 176 valence electrons. The highest BCUT2D eigenvalue weighted by Gasteiger charge is 2.58. The summed E-state index contributed by atoms with van der Waals surface area (Å²) >= 11 is 1.30. The predicted molar refractivity (Wildman–Crippen MR) is 124 cm³/mol. The molecule has 2 heterocycles. The first-order valence-corrected chi connectivity index (χ1v) is 11.3. The third-order valence-electron chi connectivity index (χ3n) is 5.48. The van der Waals surface area contributed by atoms with Crippen LogP contribution in [0.2, 0.25) is 0 Å². The highest BCUT2D eigenvalue weighted by Crippen LogP contribution is 2.54. The highest BCUT2D eigenvalue weighted by atomic mass is 32.2. The molecule has 2 aromatic carbocycles. The number of anilines is 1. The second-order valence-corrected chi connectivity index (χ2v) is 9.05. The van der Waals surface area contributed by atoms with Gasteiger partial charge in [0.15, 0.2) is 0 Å². The maximum atomic E-state index is 13.1. The molecule has 4 rings (SSSR count). The molecule has 0 unspecified atom stereocenters. The lowest BCUT2D eigenvalue weighted by atomic mass is 9.92. The van der Waals surface area contributed by atoms with Crippen LogP contribution in [0.3, 0.4) is 0 Å². The van der Waals surface area contributed by atoms with Crippen molar-refractivity contribution in [3.63, 3.8) is 0 Å². The second kappa shape index (κ2) is 9.27. The second-order valence-electron chi connectivity index (χ2n) is 7.92. The molecule has 11 heteroatoms. The van der Waals surface area contributed by atoms with Crippen LogP contribution in [0.4, 0.5) is 11.4 Å². The van der Waals surface area contributed by atoms with Crippen molar-refractivity contribution in [2.24, 2.45) is 5.92 Å². The van der Waals surface area contributed by atoms with E-state index in [0.717, 1.165) is 0 Å². The number of non-ortho nitro benzene ring substituents is 1. The molecule has 2 aliphatic rings. The number of β-lactam (4-membered cyclic amide) rings is 1. The van der Waals surface area contributed by atoms with Crippen molar-refractivity contribution in [2.75, 3.05) is 5.32 Å². The van der Waals surface area contributed by atoms with Crippen LogP contribution in [0.5, 0.6) is 0 Å². The highest BCUT2D eigenvalue weighted by molar-refractivity contribution is 8.09. The number of hydrogen-bond donors (Lipinski definition) is 2. The molecule has 0 saturated carbocycles. The molecular formula is C23H21N3O7S. The Kier molecular flexibility index (Phi) is 6.40. The monoisotopic (exact) mass is 483 g/mol. The molecule has 1 saturated heterocycles. The molecule has 2 aliphatic heterocycles. The van der Waals surface area contributed by atoms with Gasteiger partial charge < -0.3 is 15.2 Å². The third kappa shape index (κ3) is 4.39. The number of carbonyl (C=O) groups is 3. The van der Waals surface area contributed by atoms with E-state index in [-0.39, 0.29) is 29.8 Å². The number of carbonyl (C=O) groups excluding carboxylic acids is 3. The lowest BCUT2D eigenvalue weighted by molar-refractivity contribution is -0.384. The molecular weight excluding hydrogens is 462 g/mol. The zero-order valence-corrected chi connectivity index (χ0v) is 19.1. The number of amides is 2. The van der Waals surface area contributed by atoms with E-state index in [2.05, 4.69) is 5.32 Å². The number of esters is 1. The predicted octanol–water partition coefficient (Wildman–Crippen LogP) is 2.88. The van der Waals surface area contributed by atoms with Crippen LogP contribution in [0.15, 0.2) is 54.2 Å². The topological polar surface area (TPSA) is 139 Å². The van der Waals surface area contributed by atoms with Crippen molar-refractivity contribution < 1.29 is 29.2 Å². The number of hydrogen-bond acceptors (Lipinski definition) is 8. The number of thioether (sulfide) groups is 1.